The SMILES string of the molecule is COC(=O)C(C)Oc1cccnc1SC(C)C. The maximum Gasteiger partial charge on any atom is 0.346 e. The van der Waals surface area contributed by atoms with Gasteiger partial charge in [-0.1, -0.05) is 25.6 Å². The van der Waals surface area contributed by atoms with Crippen LogP contribution >= 0.6 is 11.8 Å². The summed E-state index contributed by atoms with van der Waals surface area (Å²) < 4.78 is 10.2. The molecule has 0 bridgehead atoms. The summed E-state index contributed by atoms with van der Waals surface area (Å²) >= 11 is 1.60. The van der Waals surface area contributed by atoms with Crippen LogP contribution in [0.25, 0.3) is 0 Å². The molecule has 1 heterocycles. The van der Waals surface area contributed by atoms with Crippen molar-refractivity contribution in [1.82, 2.24) is 4.98 Å². The normalized spacial score (nSPS) is 12.3. The highest BCUT2D eigenvalue weighted by Gasteiger charge is 2.17. The van der Waals surface area contributed by atoms with Gasteiger partial charge >= 0.3 is 5.97 Å². The summed E-state index contributed by atoms with van der Waals surface area (Å²) in [6.07, 6.45) is 1.08. The summed E-state index contributed by atoms with van der Waals surface area (Å²) in [5.74, 6) is 0.221. The Balaban J connectivity index is 2.79. The molecule has 0 aliphatic heterocycles. The second-order valence-corrected chi connectivity index (χ2v) is 5.32. The number of hydrogen-bond acceptors (Lipinski definition) is 5. The van der Waals surface area contributed by atoms with E-state index in [9.17, 15) is 4.79 Å². The zero-order valence-corrected chi connectivity index (χ0v) is 11.3. The second-order valence-electron chi connectivity index (χ2n) is 3.76. The van der Waals surface area contributed by atoms with Crippen molar-refractivity contribution in [2.24, 2.45) is 0 Å². The molecule has 17 heavy (non-hydrogen) atoms. The number of pyridine rings is 1. The standard InChI is InChI=1S/C12H17NO3S/c1-8(2)17-11-10(6-5-7-13-11)16-9(3)12(14)15-4/h5-9H,1-4H3. The van der Waals surface area contributed by atoms with E-state index in [1.54, 1.807) is 37.0 Å². The molecule has 1 atom stereocenters. The van der Waals surface area contributed by atoms with Gasteiger partial charge in [0, 0.05) is 11.4 Å². The van der Waals surface area contributed by atoms with Gasteiger partial charge in [-0.3, -0.25) is 0 Å². The highest BCUT2D eigenvalue weighted by Crippen LogP contribution is 2.30. The van der Waals surface area contributed by atoms with Gasteiger partial charge in [0.05, 0.1) is 7.11 Å². The first kappa shape index (κ1) is 13.8. The molecule has 0 aliphatic carbocycles. The Labute approximate surface area is 106 Å². The number of carbonyl (C=O) groups is 1. The van der Waals surface area contributed by atoms with Crippen LogP contribution in [0, 0.1) is 0 Å². The van der Waals surface area contributed by atoms with Crippen LogP contribution in [0.4, 0.5) is 0 Å². The molecule has 1 unspecified atom stereocenters. The molecule has 5 heteroatoms. The smallest absolute Gasteiger partial charge is 0.346 e. The maximum atomic E-state index is 11.3. The molecule has 4 nitrogen and oxygen atoms in total. The van der Waals surface area contributed by atoms with Gasteiger partial charge < -0.3 is 9.47 Å². The molecule has 0 saturated carbocycles. The van der Waals surface area contributed by atoms with E-state index >= 15 is 0 Å². The average Bonchev–Trinajstić information content (AvgIpc) is 2.29. The summed E-state index contributed by atoms with van der Waals surface area (Å²) in [4.78, 5) is 15.5. The zero-order chi connectivity index (χ0) is 12.8. The summed E-state index contributed by atoms with van der Waals surface area (Å²) in [6.45, 7) is 5.81. The summed E-state index contributed by atoms with van der Waals surface area (Å²) in [6, 6.07) is 3.58. The number of ether oxygens (including phenoxy) is 2. The first-order valence-corrected chi connectivity index (χ1v) is 6.28. The van der Waals surface area contributed by atoms with Gasteiger partial charge in [0.25, 0.3) is 0 Å². The molecule has 1 aromatic heterocycles. The summed E-state index contributed by atoms with van der Waals surface area (Å²) in [5.41, 5.74) is 0. The third-order valence-electron chi connectivity index (χ3n) is 1.92. The van der Waals surface area contributed by atoms with Crippen molar-refractivity contribution >= 4 is 17.7 Å². The van der Waals surface area contributed by atoms with Gasteiger partial charge in [-0.2, -0.15) is 0 Å². The van der Waals surface area contributed by atoms with E-state index < -0.39 is 12.1 Å². The molecule has 0 saturated heterocycles. The molecule has 94 valence electrons. The average molecular weight is 255 g/mol. The molecule has 1 rings (SSSR count). The number of esters is 1. The molecule has 0 aliphatic rings. The third kappa shape index (κ3) is 4.26. The Morgan fingerprint density at radius 2 is 2.12 bits per heavy atom. The first-order chi connectivity index (χ1) is 8.04. The van der Waals surface area contributed by atoms with Crippen molar-refractivity contribution in [3.63, 3.8) is 0 Å². The Kier molecular flexibility index (Phi) is 5.28. The molecule has 1 aromatic rings. The minimum Gasteiger partial charge on any atom is -0.476 e. The van der Waals surface area contributed by atoms with Gasteiger partial charge in [-0.15, -0.1) is 0 Å². The van der Waals surface area contributed by atoms with Crippen molar-refractivity contribution in [2.75, 3.05) is 7.11 Å². The van der Waals surface area contributed by atoms with E-state index in [2.05, 4.69) is 23.6 Å². The van der Waals surface area contributed by atoms with Gasteiger partial charge in [0.15, 0.2) is 11.9 Å². The van der Waals surface area contributed by atoms with Gasteiger partial charge in [0.1, 0.15) is 5.03 Å². The lowest BCUT2D eigenvalue weighted by atomic mass is 10.4. The molecule has 0 spiro atoms. The highest BCUT2D eigenvalue weighted by atomic mass is 32.2. The van der Waals surface area contributed by atoms with Crippen LogP contribution in [0.15, 0.2) is 23.4 Å². The van der Waals surface area contributed by atoms with Gasteiger partial charge in [-0.05, 0) is 19.1 Å². The number of nitrogens with zero attached hydrogens (tertiary/aromatic N) is 1. The van der Waals surface area contributed by atoms with Crippen LogP contribution < -0.4 is 4.74 Å². The fraction of sp³-hybridized carbons (Fsp3) is 0.500. The van der Waals surface area contributed by atoms with E-state index in [0.717, 1.165) is 5.03 Å². The van der Waals surface area contributed by atoms with Crippen LogP contribution in [0.2, 0.25) is 0 Å². The third-order valence-corrected chi connectivity index (χ3v) is 2.92. The molecule has 0 radical (unpaired) electrons. The first-order valence-electron chi connectivity index (χ1n) is 5.40. The lowest BCUT2D eigenvalue weighted by Gasteiger charge is -2.15. The Morgan fingerprint density at radius 1 is 1.41 bits per heavy atom. The van der Waals surface area contributed by atoms with E-state index in [1.165, 1.54) is 7.11 Å². The zero-order valence-electron chi connectivity index (χ0n) is 10.5. The second kappa shape index (κ2) is 6.49. The van der Waals surface area contributed by atoms with Gasteiger partial charge in [0.2, 0.25) is 0 Å². The number of carbonyl (C=O) groups excluding carboxylic acids is 1. The highest BCUT2D eigenvalue weighted by molar-refractivity contribution is 7.99. The Morgan fingerprint density at radius 3 is 2.71 bits per heavy atom. The lowest BCUT2D eigenvalue weighted by molar-refractivity contribution is -0.148. The summed E-state index contributed by atoms with van der Waals surface area (Å²) in [7, 11) is 1.34. The number of aromatic nitrogens is 1. The topological polar surface area (TPSA) is 48.4 Å². The van der Waals surface area contributed by atoms with Crippen molar-refractivity contribution in [1.29, 1.82) is 0 Å². The minimum atomic E-state index is -0.629. The van der Waals surface area contributed by atoms with Gasteiger partial charge in [-0.25, -0.2) is 9.78 Å². The number of rotatable bonds is 5. The molecule has 0 N–H and O–H groups in total. The maximum absolute atomic E-state index is 11.3. The van der Waals surface area contributed by atoms with E-state index in [0.29, 0.717) is 11.0 Å². The number of hydrogen-bond donors (Lipinski definition) is 0. The predicted octanol–water partition coefficient (Wildman–Crippen LogP) is 2.52. The van der Waals surface area contributed by atoms with Crippen molar-refractivity contribution in [3.05, 3.63) is 18.3 Å². The van der Waals surface area contributed by atoms with E-state index in [1.807, 2.05) is 0 Å². The Bertz CT molecular complexity index is 382. The van der Waals surface area contributed by atoms with E-state index in [4.69, 9.17) is 4.74 Å². The molecule has 0 amide bonds. The van der Waals surface area contributed by atoms with Crippen molar-refractivity contribution in [2.45, 2.75) is 37.2 Å². The Hall–Kier alpha value is -1.23. The number of thioether (sulfide) groups is 1. The molecule has 0 fully saturated rings. The predicted molar refractivity (Wildman–Crippen MR) is 67.3 cm³/mol. The van der Waals surface area contributed by atoms with Crippen LogP contribution in [0.3, 0.4) is 0 Å². The largest absolute Gasteiger partial charge is 0.476 e. The van der Waals surface area contributed by atoms with Crippen molar-refractivity contribution in [3.8, 4) is 5.75 Å². The van der Waals surface area contributed by atoms with E-state index in [-0.39, 0.29) is 0 Å². The lowest BCUT2D eigenvalue weighted by Crippen LogP contribution is -2.25. The monoisotopic (exact) mass is 255 g/mol. The quantitative estimate of drug-likeness (QED) is 0.597. The van der Waals surface area contributed by atoms with Crippen LogP contribution in [0.5, 0.6) is 5.75 Å². The molecule has 0 aromatic carbocycles. The fourth-order valence-corrected chi connectivity index (χ4v) is 1.98. The molecular weight excluding hydrogens is 238 g/mol. The van der Waals surface area contributed by atoms with Crippen LogP contribution in [0.1, 0.15) is 20.8 Å². The van der Waals surface area contributed by atoms with Crippen LogP contribution in [-0.2, 0) is 9.53 Å². The number of methoxy groups -OCH3 is 1. The minimum absolute atomic E-state index is 0.394. The van der Waals surface area contributed by atoms with Crippen LogP contribution in [-0.4, -0.2) is 29.4 Å². The summed E-state index contributed by atoms with van der Waals surface area (Å²) in [5, 5.41) is 1.19. The molecular formula is C12H17NO3S. The van der Waals surface area contributed by atoms with Crippen molar-refractivity contribution < 1.29 is 14.3 Å². The fourth-order valence-electron chi connectivity index (χ4n) is 1.18.